The predicted octanol–water partition coefficient (Wildman–Crippen LogP) is 6.41. The number of rotatable bonds is 5. The summed E-state index contributed by atoms with van der Waals surface area (Å²) in [5, 5.41) is 0.976. The van der Waals surface area contributed by atoms with Gasteiger partial charge in [-0.2, -0.15) is 0 Å². The molecule has 35 heavy (non-hydrogen) atoms. The average molecular weight is 471 g/mol. The lowest BCUT2D eigenvalue weighted by Crippen LogP contribution is -2.32. The molecule has 3 heterocycles. The Balaban J connectivity index is 1.43. The minimum Gasteiger partial charge on any atom is -0.457 e. The number of hydrogen-bond acceptors (Lipinski definition) is 3. The minimum absolute atomic E-state index is 0.000828. The summed E-state index contributed by atoms with van der Waals surface area (Å²) in [7, 11) is 0. The molecule has 0 radical (unpaired) electrons. The van der Waals surface area contributed by atoms with E-state index in [9.17, 15) is 9.18 Å². The van der Waals surface area contributed by atoms with Gasteiger partial charge in [-0.1, -0.05) is 31.9 Å². The highest BCUT2D eigenvalue weighted by molar-refractivity contribution is 6.01. The lowest BCUT2D eigenvalue weighted by Gasteiger charge is -2.29. The van der Waals surface area contributed by atoms with Crippen molar-refractivity contribution >= 4 is 22.1 Å². The summed E-state index contributed by atoms with van der Waals surface area (Å²) in [4.78, 5) is 21.7. The van der Waals surface area contributed by atoms with Gasteiger partial charge < -0.3 is 9.72 Å². The molecule has 1 aliphatic rings. The summed E-state index contributed by atoms with van der Waals surface area (Å²) in [6.45, 7) is 2.66. The SMILES string of the molecule is C[C@@H]1CCCC[C@@H]1n1c(=O)n(Cc2cccc(Oc3ccc(F)cc3)c2)c2cnc3[nH]ccc3c21. The quantitative estimate of drug-likeness (QED) is 0.323. The number of imidazole rings is 1. The molecule has 6 rings (SSSR count). The Morgan fingerprint density at radius 1 is 1.09 bits per heavy atom. The van der Waals surface area contributed by atoms with Crippen LogP contribution < -0.4 is 10.4 Å². The molecule has 5 aromatic rings. The Hall–Kier alpha value is -3.87. The van der Waals surface area contributed by atoms with E-state index in [1.807, 2.05) is 45.7 Å². The van der Waals surface area contributed by atoms with Crippen LogP contribution in [0.3, 0.4) is 0 Å². The molecule has 1 saturated carbocycles. The summed E-state index contributed by atoms with van der Waals surface area (Å²) in [5.41, 5.74) is 3.53. The topological polar surface area (TPSA) is 64.8 Å². The van der Waals surface area contributed by atoms with E-state index in [4.69, 9.17) is 4.74 Å². The Labute approximate surface area is 202 Å². The molecule has 178 valence electrons. The highest BCUT2D eigenvalue weighted by Crippen LogP contribution is 2.36. The van der Waals surface area contributed by atoms with Gasteiger partial charge in [0.1, 0.15) is 23.0 Å². The molecule has 0 bridgehead atoms. The van der Waals surface area contributed by atoms with E-state index in [1.54, 1.807) is 18.3 Å². The minimum atomic E-state index is -0.306. The van der Waals surface area contributed by atoms with E-state index in [1.165, 1.54) is 18.6 Å². The van der Waals surface area contributed by atoms with E-state index < -0.39 is 0 Å². The highest BCUT2D eigenvalue weighted by Gasteiger charge is 2.28. The second-order valence-corrected chi connectivity index (χ2v) is 9.50. The molecule has 1 fully saturated rings. The summed E-state index contributed by atoms with van der Waals surface area (Å²) in [6.07, 6.45) is 8.18. The van der Waals surface area contributed by atoms with Crippen molar-refractivity contribution in [3.05, 3.63) is 88.9 Å². The molecule has 0 aliphatic heterocycles. The van der Waals surface area contributed by atoms with Crippen molar-refractivity contribution < 1.29 is 9.13 Å². The molecule has 0 saturated heterocycles. The number of H-pyrrole nitrogens is 1. The first-order valence-electron chi connectivity index (χ1n) is 12.2. The van der Waals surface area contributed by atoms with E-state index in [-0.39, 0.29) is 17.5 Å². The number of halogens is 1. The van der Waals surface area contributed by atoms with Crippen LogP contribution in [0.4, 0.5) is 4.39 Å². The molecular formula is C28H27FN4O2. The largest absolute Gasteiger partial charge is 0.457 e. The van der Waals surface area contributed by atoms with Crippen molar-refractivity contribution in [3.63, 3.8) is 0 Å². The Morgan fingerprint density at radius 3 is 2.74 bits per heavy atom. The molecule has 0 spiro atoms. The number of hydrogen-bond donors (Lipinski definition) is 1. The van der Waals surface area contributed by atoms with Crippen LogP contribution in [-0.4, -0.2) is 19.1 Å². The van der Waals surface area contributed by atoms with Crippen molar-refractivity contribution in [1.29, 1.82) is 0 Å². The fraction of sp³-hybridized carbons (Fsp3) is 0.286. The fourth-order valence-corrected chi connectivity index (χ4v) is 5.43. The van der Waals surface area contributed by atoms with Gasteiger partial charge in [-0.05, 0) is 66.8 Å². The molecule has 3 aromatic heterocycles. The molecule has 6 nitrogen and oxygen atoms in total. The number of pyridine rings is 1. The van der Waals surface area contributed by atoms with Crippen LogP contribution in [0.1, 0.15) is 44.2 Å². The van der Waals surface area contributed by atoms with Gasteiger partial charge in [0.15, 0.2) is 0 Å². The average Bonchev–Trinajstić information content (AvgIpc) is 3.44. The van der Waals surface area contributed by atoms with Gasteiger partial charge >= 0.3 is 5.69 Å². The lowest BCUT2D eigenvalue weighted by molar-refractivity contribution is 0.256. The second-order valence-electron chi connectivity index (χ2n) is 9.50. The maximum atomic E-state index is 13.9. The molecular weight excluding hydrogens is 443 g/mol. The zero-order chi connectivity index (χ0) is 23.9. The third-order valence-corrected chi connectivity index (χ3v) is 7.19. The third-order valence-electron chi connectivity index (χ3n) is 7.19. The first-order valence-corrected chi connectivity index (χ1v) is 12.2. The van der Waals surface area contributed by atoms with Gasteiger partial charge in [0, 0.05) is 17.6 Å². The van der Waals surface area contributed by atoms with Crippen molar-refractivity contribution in [2.24, 2.45) is 5.92 Å². The number of ether oxygens (including phenoxy) is 1. The molecule has 2 aromatic carbocycles. The van der Waals surface area contributed by atoms with Crippen molar-refractivity contribution in [2.75, 3.05) is 0 Å². The van der Waals surface area contributed by atoms with Crippen LogP contribution in [-0.2, 0) is 6.54 Å². The van der Waals surface area contributed by atoms with Crippen molar-refractivity contribution in [2.45, 2.75) is 45.2 Å². The van der Waals surface area contributed by atoms with E-state index in [2.05, 4.69) is 16.9 Å². The predicted molar refractivity (Wildman–Crippen MR) is 135 cm³/mol. The van der Waals surface area contributed by atoms with Crippen molar-refractivity contribution in [1.82, 2.24) is 19.1 Å². The normalized spacial score (nSPS) is 18.3. The second kappa shape index (κ2) is 8.73. The maximum Gasteiger partial charge on any atom is 0.329 e. The Bertz CT molecular complexity index is 1560. The lowest BCUT2D eigenvalue weighted by atomic mass is 9.85. The van der Waals surface area contributed by atoms with Crippen LogP contribution in [0.25, 0.3) is 22.1 Å². The van der Waals surface area contributed by atoms with Gasteiger partial charge in [-0.3, -0.25) is 9.13 Å². The first kappa shape index (κ1) is 21.6. The van der Waals surface area contributed by atoms with Gasteiger partial charge in [-0.25, -0.2) is 14.2 Å². The summed E-state index contributed by atoms with van der Waals surface area (Å²) in [5.74, 6) is 1.33. The van der Waals surface area contributed by atoms with Crippen molar-refractivity contribution in [3.8, 4) is 11.5 Å². The number of fused-ring (bicyclic) bond motifs is 3. The molecule has 0 unspecified atom stereocenters. The molecule has 7 heteroatoms. The zero-order valence-corrected chi connectivity index (χ0v) is 19.6. The maximum absolute atomic E-state index is 13.9. The van der Waals surface area contributed by atoms with E-state index in [0.29, 0.717) is 24.0 Å². The Kier molecular flexibility index (Phi) is 5.40. The van der Waals surface area contributed by atoms with Crippen LogP contribution in [0.2, 0.25) is 0 Å². The van der Waals surface area contributed by atoms with Crippen LogP contribution in [0.5, 0.6) is 11.5 Å². The summed E-state index contributed by atoms with van der Waals surface area (Å²) in [6, 6.07) is 15.8. The van der Waals surface area contributed by atoms with E-state index >= 15 is 0 Å². The number of nitrogens with one attached hydrogen (secondary N) is 1. The van der Waals surface area contributed by atoms with Gasteiger partial charge in [0.2, 0.25) is 0 Å². The molecule has 0 amide bonds. The number of aromatic amines is 1. The Morgan fingerprint density at radius 2 is 1.91 bits per heavy atom. The summed E-state index contributed by atoms with van der Waals surface area (Å²) < 4.78 is 23.0. The summed E-state index contributed by atoms with van der Waals surface area (Å²) >= 11 is 0. The molecule has 2 atom stereocenters. The molecule has 1 aliphatic carbocycles. The smallest absolute Gasteiger partial charge is 0.329 e. The number of aromatic nitrogens is 4. The number of benzene rings is 2. The van der Waals surface area contributed by atoms with Gasteiger partial charge in [0.25, 0.3) is 0 Å². The first-order chi connectivity index (χ1) is 17.1. The van der Waals surface area contributed by atoms with Gasteiger partial charge in [0.05, 0.1) is 23.8 Å². The van der Waals surface area contributed by atoms with Crippen LogP contribution >= 0.6 is 0 Å². The van der Waals surface area contributed by atoms with E-state index in [0.717, 1.165) is 46.9 Å². The monoisotopic (exact) mass is 470 g/mol. The standard InChI is InChI=1S/C28H27FN4O2/c1-18-5-2-3-8-24(18)33-26-23-13-14-30-27(23)31-16-25(26)32(28(33)34)17-19-6-4-7-22(15-19)35-21-11-9-20(29)10-12-21/h4,6-7,9-16,18,24H,2-3,5,8,17H2,1H3,(H,30,31)/t18-,24+/m1/s1. The van der Waals surface area contributed by atoms with Crippen LogP contribution in [0, 0.1) is 11.7 Å². The highest BCUT2D eigenvalue weighted by atomic mass is 19.1. The molecule has 1 N–H and O–H groups in total. The van der Waals surface area contributed by atoms with Crippen LogP contribution in [0.15, 0.2) is 71.8 Å². The third kappa shape index (κ3) is 3.91. The van der Waals surface area contributed by atoms with Gasteiger partial charge in [-0.15, -0.1) is 0 Å². The number of nitrogens with zero attached hydrogens (tertiary/aromatic N) is 3. The fourth-order valence-electron chi connectivity index (χ4n) is 5.43. The zero-order valence-electron chi connectivity index (χ0n) is 19.6.